The van der Waals surface area contributed by atoms with E-state index in [9.17, 15) is 0 Å². The van der Waals surface area contributed by atoms with Gasteiger partial charge in [-0.05, 0) is 83.3 Å². The van der Waals surface area contributed by atoms with E-state index in [2.05, 4.69) is 109 Å². The lowest BCUT2D eigenvalue weighted by Gasteiger charge is -2.04. The second-order valence-corrected chi connectivity index (χ2v) is 11.4. The van der Waals surface area contributed by atoms with E-state index in [0.29, 0.717) is 0 Å². The monoisotopic (exact) mass is 556 g/mol. The summed E-state index contributed by atoms with van der Waals surface area (Å²) in [4.78, 5) is 9.23. The minimum Gasteiger partial charge on any atom is -0.255 e. The van der Waals surface area contributed by atoms with Crippen molar-refractivity contribution in [1.29, 1.82) is 0 Å². The molecule has 0 saturated heterocycles. The van der Waals surface area contributed by atoms with Gasteiger partial charge in [-0.3, -0.25) is 9.97 Å². The molecule has 0 bridgehead atoms. The average Bonchev–Trinajstić information content (AvgIpc) is 3.04. The van der Waals surface area contributed by atoms with Gasteiger partial charge in [0.1, 0.15) is 0 Å². The van der Waals surface area contributed by atoms with Crippen LogP contribution >= 0.6 is 0 Å². The summed E-state index contributed by atoms with van der Waals surface area (Å²) in [7, 11) is 0. The van der Waals surface area contributed by atoms with Crippen LogP contribution in [0.25, 0.3) is 35.7 Å². The molecule has 2 nitrogen and oxygen atoms in total. The first-order valence-corrected chi connectivity index (χ1v) is 16.2. The van der Waals surface area contributed by atoms with Crippen molar-refractivity contribution < 1.29 is 0 Å². The first-order valence-electron chi connectivity index (χ1n) is 16.2. The third-order valence-corrected chi connectivity index (χ3v) is 7.86. The number of benzene rings is 2. The highest BCUT2D eigenvalue weighted by Crippen LogP contribution is 2.20. The topological polar surface area (TPSA) is 25.8 Å². The summed E-state index contributed by atoms with van der Waals surface area (Å²) in [5.41, 5.74) is 9.30. The van der Waals surface area contributed by atoms with E-state index in [4.69, 9.17) is 0 Å². The standard InChI is InChI=1S/C40H48N2/c1-3-5-7-9-11-13-33-15-19-35(20-16-33)23-25-37-27-29-41-39(31-37)40-32-38(28-30-42-40)26-24-36-21-17-34(18-22-36)14-12-10-8-6-4-2/h15-32H,3-14H2,1-2H3. The highest BCUT2D eigenvalue weighted by atomic mass is 14.8. The molecule has 2 heteroatoms. The van der Waals surface area contributed by atoms with Crippen LogP contribution in [-0.2, 0) is 12.8 Å². The van der Waals surface area contributed by atoms with Gasteiger partial charge in [0.05, 0.1) is 11.4 Å². The molecular formula is C40H48N2. The Labute approximate surface area is 254 Å². The van der Waals surface area contributed by atoms with Crippen molar-refractivity contribution in [2.45, 2.75) is 90.9 Å². The SMILES string of the molecule is CCCCCCCc1ccc(C=Cc2ccnc(-c3cc(C=Cc4ccc(CCCCCCC)cc4)ccn3)c2)cc1. The quantitative estimate of drug-likeness (QED) is 0.121. The molecule has 0 radical (unpaired) electrons. The molecule has 0 aliphatic rings. The Kier molecular flexibility index (Phi) is 13.3. The number of aromatic nitrogens is 2. The summed E-state index contributed by atoms with van der Waals surface area (Å²) < 4.78 is 0. The molecule has 4 rings (SSSR count). The average molecular weight is 557 g/mol. The molecule has 2 heterocycles. The summed E-state index contributed by atoms with van der Waals surface area (Å²) in [6.07, 6.45) is 28.0. The van der Waals surface area contributed by atoms with Crippen molar-refractivity contribution >= 4 is 24.3 Å². The molecule has 2 aromatic carbocycles. The van der Waals surface area contributed by atoms with Crippen molar-refractivity contribution in [3.05, 3.63) is 119 Å². The lowest BCUT2D eigenvalue weighted by molar-refractivity contribution is 0.632. The van der Waals surface area contributed by atoms with E-state index in [0.717, 1.165) is 22.5 Å². The third kappa shape index (κ3) is 10.9. The van der Waals surface area contributed by atoms with Gasteiger partial charge in [-0.2, -0.15) is 0 Å². The molecule has 0 atom stereocenters. The van der Waals surface area contributed by atoms with E-state index < -0.39 is 0 Å². The summed E-state index contributed by atoms with van der Waals surface area (Å²) in [5.74, 6) is 0. The predicted molar refractivity (Wildman–Crippen MR) is 183 cm³/mol. The van der Waals surface area contributed by atoms with Gasteiger partial charge in [0.15, 0.2) is 0 Å². The highest BCUT2D eigenvalue weighted by molar-refractivity contribution is 5.74. The van der Waals surface area contributed by atoms with Crippen molar-refractivity contribution in [2.24, 2.45) is 0 Å². The van der Waals surface area contributed by atoms with Crippen molar-refractivity contribution in [3.63, 3.8) is 0 Å². The Hall–Kier alpha value is -3.78. The van der Waals surface area contributed by atoms with E-state index in [1.165, 1.54) is 99.3 Å². The molecule has 218 valence electrons. The number of nitrogens with zero attached hydrogens (tertiary/aromatic N) is 2. The lowest BCUT2D eigenvalue weighted by atomic mass is 10.0. The molecule has 42 heavy (non-hydrogen) atoms. The minimum absolute atomic E-state index is 0.883. The molecule has 0 amide bonds. The van der Waals surface area contributed by atoms with Crippen molar-refractivity contribution in [1.82, 2.24) is 9.97 Å². The van der Waals surface area contributed by atoms with Crippen LogP contribution in [0.1, 0.15) is 111 Å². The van der Waals surface area contributed by atoms with Gasteiger partial charge in [0.25, 0.3) is 0 Å². The second kappa shape index (κ2) is 17.9. The van der Waals surface area contributed by atoms with Gasteiger partial charge in [0, 0.05) is 12.4 Å². The van der Waals surface area contributed by atoms with Crippen LogP contribution in [0.5, 0.6) is 0 Å². The van der Waals surface area contributed by atoms with E-state index in [1.807, 2.05) is 24.5 Å². The maximum absolute atomic E-state index is 4.61. The van der Waals surface area contributed by atoms with Crippen LogP contribution in [0.15, 0.2) is 85.2 Å². The van der Waals surface area contributed by atoms with E-state index >= 15 is 0 Å². The fourth-order valence-electron chi connectivity index (χ4n) is 5.22. The van der Waals surface area contributed by atoms with Crippen molar-refractivity contribution in [2.75, 3.05) is 0 Å². The van der Waals surface area contributed by atoms with Crippen molar-refractivity contribution in [3.8, 4) is 11.4 Å². The third-order valence-electron chi connectivity index (χ3n) is 7.86. The molecular weight excluding hydrogens is 508 g/mol. The van der Waals surface area contributed by atoms with Crippen LogP contribution in [0.3, 0.4) is 0 Å². The normalized spacial score (nSPS) is 11.6. The van der Waals surface area contributed by atoms with Gasteiger partial charge < -0.3 is 0 Å². The smallest absolute Gasteiger partial charge is 0.0892 e. The molecule has 0 saturated carbocycles. The van der Waals surface area contributed by atoms with Crippen LogP contribution in [0.2, 0.25) is 0 Å². The highest BCUT2D eigenvalue weighted by Gasteiger charge is 2.03. The van der Waals surface area contributed by atoms with E-state index in [1.54, 1.807) is 0 Å². The zero-order chi connectivity index (χ0) is 29.2. The number of hydrogen-bond acceptors (Lipinski definition) is 2. The molecule has 0 spiro atoms. The van der Waals surface area contributed by atoms with Crippen LogP contribution in [-0.4, -0.2) is 9.97 Å². The zero-order valence-corrected chi connectivity index (χ0v) is 25.8. The fourth-order valence-corrected chi connectivity index (χ4v) is 5.22. The predicted octanol–water partition coefficient (Wildman–Crippen LogP) is 11.5. The van der Waals surface area contributed by atoms with Gasteiger partial charge in [-0.1, -0.05) is 138 Å². The van der Waals surface area contributed by atoms with Crippen LogP contribution in [0, 0.1) is 0 Å². The minimum atomic E-state index is 0.883. The molecule has 0 N–H and O–H groups in total. The molecule has 4 aromatic rings. The molecule has 0 aliphatic carbocycles. The van der Waals surface area contributed by atoms with Gasteiger partial charge in [-0.15, -0.1) is 0 Å². The van der Waals surface area contributed by atoms with Gasteiger partial charge in [-0.25, -0.2) is 0 Å². The maximum atomic E-state index is 4.61. The maximum Gasteiger partial charge on any atom is 0.0892 e. The summed E-state index contributed by atoms with van der Waals surface area (Å²) >= 11 is 0. The molecule has 0 aliphatic heterocycles. The van der Waals surface area contributed by atoms with Gasteiger partial charge >= 0.3 is 0 Å². The van der Waals surface area contributed by atoms with Crippen LogP contribution < -0.4 is 0 Å². The Morgan fingerprint density at radius 3 is 1.21 bits per heavy atom. The Morgan fingerprint density at radius 2 is 0.810 bits per heavy atom. The number of aryl methyl sites for hydroxylation is 2. The Balaban J connectivity index is 1.32. The number of unbranched alkanes of at least 4 members (excludes halogenated alkanes) is 8. The summed E-state index contributed by atoms with van der Waals surface area (Å²) in [6, 6.07) is 26.3. The summed E-state index contributed by atoms with van der Waals surface area (Å²) in [6.45, 7) is 4.53. The zero-order valence-electron chi connectivity index (χ0n) is 25.8. The first-order chi connectivity index (χ1) is 20.7. The molecule has 2 aromatic heterocycles. The lowest BCUT2D eigenvalue weighted by Crippen LogP contribution is -1.89. The molecule has 0 unspecified atom stereocenters. The largest absolute Gasteiger partial charge is 0.255 e. The molecule has 0 fully saturated rings. The fraction of sp³-hybridized carbons (Fsp3) is 0.350. The Bertz CT molecular complexity index is 1270. The number of hydrogen-bond donors (Lipinski definition) is 0. The summed E-state index contributed by atoms with van der Waals surface area (Å²) in [5, 5.41) is 0. The Morgan fingerprint density at radius 1 is 0.429 bits per heavy atom. The van der Waals surface area contributed by atoms with Gasteiger partial charge in [0.2, 0.25) is 0 Å². The number of rotatable bonds is 17. The first kappa shape index (κ1) is 31.2. The number of pyridine rings is 2. The van der Waals surface area contributed by atoms with Crippen LogP contribution in [0.4, 0.5) is 0 Å². The second-order valence-electron chi connectivity index (χ2n) is 11.4. The van der Waals surface area contributed by atoms with E-state index in [-0.39, 0.29) is 0 Å².